The monoisotopic (exact) mass is 449 g/mol. The maximum atomic E-state index is 12.9. The van der Waals surface area contributed by atoms with Crippen molar-refractivity contribution < 1.29 is 31.9 Å². The number of hydrogen-bond donors (Lipinski definition) is 1. The van der Waals surface area contributed by atoms with Crippen molar-refractivity contribution in [3.63, 3.8) is 0 Å². The lowest BCUT2D eigenvalue weighted by Crippen LogP contribution is -2.14. The molecule has 0 radical (unpaired) electrons. The minimum absolute atomic E-state index is 0.171. The summed E-state index contributed by atoms with van der Waals surface area (Å²) in [6.45, 7) is 0. The Hall–Kier alpha value is -3.60. The molecule has 1 amide bonds. The molecule has 160 valence electrons. The molecule has 0 bridgehead atoms. The summed E-state index contributed by atoms with van der Waals surface area (Å²) in [5.74, 6) is 0.359. The Morgan fingerprint density at radius 3 is 2.42 bits per heavy atom. The predicted octanol–water partition coefficient (Wildman–Crippen LogP) is 5.24. The highest BCUT2D eigenvalue weighted by Gasteiger charge is 2.31. The maximum Gasteiger partial charge on any atom is 0.416 e. The molecule has 0 fully saturated rings. The first-order chi connectivity index (χ1) is 14.8. The van der Waals surface area contributed by atoms with E-state index >= 15 is 0 Å². The van der Waals surface area contributed by atoms with Crippen molar-refractivity contribution >= 4 is 33.3 Å². The Labute approximate surface area is 177 Å². The van der Waals surface area contributed by atoms with Crippen LogP contribution in [0.15, 0.2) is 46.9 Å². The molecular weight excluding hydrogens is 435 g/mol. The average Bonchev–Trinajstić information content (AvgIpc) is 3.38. The van der Waals surface area contributed by atoms with Crippen molar-refractivity contribution in [3.8, 4) is 22.3 Å². The summed E-state index contributed by atoms with van der Waals surface area (Å²) in [7, 11) is 2.86. The minimum atomic E-state index is -4.45. The zero-order valence-electron chi connectivity index (χ0n) is 16.1. The Kier molecular flexibility index (Phi) is 5.27. The van der Waals surface area contributed by atoms with Crippen molar-refractivity contribution in [1.29, 1.82) is 0 Å². The molecule has 0 aliphatic heterocycles. The van der Waals surface area contributed by atoms with Crippen LogP contribution in [0.5, 0.6) is 11.5 Å². The molecular formula is C20H14F3N3O4S. The molecule has 2 aromatic carbocycles. The molecule has 0 aliphatic rings. The van der Waals surface area contributed by atoms with E-state index in [9.17, 15) is 18.0 Å². The van der Waals surface area contributed by atoms with E-state index in [1.54, 1.807) is 18.2 Å². The number of benzene rings is 2. The molecule has 0 saturated carbocycles. The fraction of sp³-hybridized carbons (Fsp3) is 0.150. The van der Waals surface area contributed by atoms with Crippen molar-refractivity contribution in [2.24, 2.45) is 0 Å². The summed E-state index contributed by atoms with van der Waals surface area (Å²) in [4.78, 5) is 12.7. The number of carbonyl (C=O) groups excluding carboxylic acids is 1. The Morgan fingerprint density at radius 1 is 1.06 bits per heavy atom. The van der Waals surface area contributed by atoms with Gasteiger partial charge in [-0.2, -0.15) is 13.2 Å². The molecule has 2 aromatic heterocycles. The number of fused-ring (bicyclic) bond motifs is 1. The average molecular weight is 449 g/mol. The van der Waals surface area contributed by atoms with E-state index in [4.69, 9.17) is 13.9 Å². The van der Waals surface area contributed by atoms with Gasteiger partial charge >= 0.3 is 6.18 Å². The Morgan fingerprint density at radius 2 is 1.77 bits per heavy atom. The molecule has 2 heterocycles. The summed E-state index contributed by atoms with van der Waals surface area (Å²) in [6.07, 6.45) is -4.45. The van der Waals surface area contributed by atoms with Gasteiger partial charge in [0.15, 0.2) is 10.8 Å². The lowest BCUT2D eigenvalue weighted by molar-refractivity contribution is -0.137. The summed E-state index contributed by atoms with van der Waals surface area (Å²) in [5.41, 5.74) is -0.307. The largest absolute Gasteiger partial charge is 0.496 e. The quantitative estimate of drug-likeness (QED) is 0.449. The molecule has 0 atom stereocenters. The van der Waals surface area contributed by atoms with Gasteiger partial charge in [-0.1, -0.05) is 17.4 Å². The van der Waals surface area contributed by atoms with Gasteiger partial charge in [0.1, 0.15) is 22.6 Å². The topological polar surface area (TPSA) is 86.5 Å². The number of nitrogens with zero attached hydrogens (tertiary/aromatic N) is 2. The first kappa shape index (κ1) is 20.7. The van der Waals surface area contributed by atoms with Crippen LogP contribution in [0.2, 0.25) is 0 Å². The molecule has 0 aliphatic carbocycles. The van der Waals surface area contributed by atoms with Gasteiger partial charge in [0.2, 0.25) is 5.13 Å². The third-order valence-electron chi connectivity index (χ3n) is 4.35. The van der Waals surface area contributed by atoms with E-state index in [1.807, 2.05) is 0 Å². The van der Waals surface area contributed by atoms with Crippen LogP contribution < -0.4 is 14.8 Å². The highest BCUT2D eigenvalue weighted by Crippen LogP contribution is 2.36. The van der Waals surface area contributed by atoms with Gasteiger partial charge in [0, 0.05) is 5.39 Å². The van der Waals surface area contributed by atoms with Crippen LogP contribution in [-0.4, -0.2) is 30.3 Å². The number of methoxy groups -OCH3 is 2. The van der Waals surface area contributed by atoms with Gasteiger partial charge in [0.05, 0.1) is 19.8 Å². The van der Waals surface area contributed by atoms with Gasteiger partial charge in [-0.3, -0.25) is 10.1 Å². The summed E-state index contributed by atoms with van der Waals surface area (Å²) in [5, 5.41) is 11.2. The summed E-state index contributed by atoms with van der Waals surface area (Å²) in [6, 6.07) is 9.56. The second kappa shape index (κ2) is 7.91. The van der Waals surface area contributed by atoms with Crippen molar-refractivity contribution in [2.45, 2.75) is 6.18 Å². The fourth-order valence-electron chi connectivity index (χ4n) is 2.93. The van der Waals surface area contributed by atoms with Crippen LogP contribution in [0.4, 0.5) is 18.3 Å². The van der Waals surface area contributed by atoms with E-state index in [2.05, 4.69) is 15.5 Å². The van der Waals surface area contributed by atoms with Gasteiger partial charge in [0.25, 0.3) is 5.91 Å². The molecule has 0 saturated heterocycles. The molecule has 11 heteroatoms. The number of carbonyl (C=O) groups is 1. The van der Waals surface area contributed by atoms with Gasteiger partial charge in [-0.25, -0.2) is 0 Å². The smallest absolute Gasteiger partial charge is 0.416 e. The zero-order chi connectivity index (χ0) is 22.2. The molecule has 31 heavy (non-hydrogen) atoms. The number of nitrogens with one attached hydrogen (secondary N) is 1. The van der Waals surface area contributed by atoms with Gasteiger partial charge in [-0.05, 0) is 36.4 Å². The van der Waals surface area contributed by atoms with Crippen LogP contribution in [0.3, 0.4) is 0 Å². The molecule has 7 nitrogen and oxygen atoms in total. The normalized spacial score (nSPS) is 11.5. The SMILES string of the molecule is COc1cccc(OC)c1C(=O)Nc1nnc(-c2cc3cc(C(F)(F)F)ccc3o2)s1. The number of ether oxygens (including phenoxy) is 2. The number of amides is 1. The Bertz CT molecular complexity index is 1240. The molecule has 0 spiro atoms. The third-order valence-corrected chi connectivity index (χ3v) is 5.21. The Balaban J connectivity index is 1.60. The first-order valence-corrected chi connectivity index (χ1v) is 9.59. The van der Waals surface area contributed by atoms with Crippen LogP contribution in [0, 0.1) is 0 Å². The minimum Gasteiger partial charge on any atom is -0.496 e. The molecule has 4 rings (SSSR count). The molecule has 4 aromatic rings. The number of rotatable bonds is 5. The van der Waals surface area contributed by atoms with E-state index < -0.39 is 17.6 Å². The van der Waals surface area contributed by atoms with Crippen molar-refractivity contribution in [3.05, 3.63) is 53.6 Å². The second-order valence-corrected chi connectivity index (χ2v) is 7.24. The number of furan rings is 1. The highest BCUT2D eigenvalue weighted by molar-refractivity contribution is 7.18. The van der Waals surface area contributed by atoms with E-state index in [0.29, 0.717) is 16.5 Å². The first-order valence-electron chi connectivity index (χ1n) is 8.77. The van der Waals surface area contributed by atoms with Crippen LogP contribution >= 0.6 is 11.3 Å². The summed E-state index contributed by atoms with van der Waals surface area (Å²) < 4.78 is 54.8. The van der Waals surface area contributed by atoms with E-state index in [1.165, 1.54) is 26.4 Å². The summed E-state index contributed by atoms with van der Waals surface area (Å²) >= 11 is 1.01. The third kappa shape index (κ3) is 4.04. The number of halogens is 3. The van der Waals surface area contributed by atoms with E-state index in [-0.39, 0.29) is 27.4 Å². The maximum absolute atomic E-state index is 12.9. The van der Waals surface area contributed by atoms with Gasteiger partial charge in [-0.15, -0.1) is 10.2 Å². The van der Waals surface area contributed by atoms with Crippen LogP contribution in [0.1, 0.15) is 15.9 Å². The highest BCUT2D eigenvalue weighted by atomic mass is 32.1. The molecule has 0 unspecified atom stereocenters. The zero-order valence-corrected chi connectivity index (χ0v) is 16.9. The second-order valence-electron chi connectivity index (χ2n) is 6.27. The standard InChI is InChI=1S/C20H14F3N3O4S/c1-28-13-4-3-5-14(29-2)16(13)17(27)24-19-26-25-18(31-19)15-9-10-8-11(20(21,22)23)6-7-12(10)30-15/h3-9H,1-2H3,(H,24,26,27). The van der Waals surface area contributed by atoms with Crippen molar-refractivity contribution in [1.82, 2.24) is 10.2 Å². The number of anilines is 1. The fourth-order valence-corrected chi connectivity index (χ4v) is 3.62. The number of hydrogen-bond acceptors (Lipinski definition) is 7. The van der Waals surface area contributed by atoms with Crippen LogP contribution in [0.25, 0.3) is 21.7 Å². The lowest BCUT2D eigenvalue weighted by Gasteiger charge is -2.11. The van der Waals surface area contributed by atoms with E-state index in [0.717, 1.165) is 23.5 Å². The molecule has 1 N–H and O–H groups in total. The van der Waals surface area contributed by atoms with Crippen LogP contribution in [-0.2, 0) is 6.18 Å². The lowest BCUT2D eigenvalue weighted by atomic mass is 10.1. The van der Waals surface area contributed by atoms with Crippen molar-refractivity contribution in [2.75, 3.05) is 19.5 Å². The predicted molar refractivity (Wildman–Crippen MR) is 108 cm³/mol. The van der Waals surface area contributed by atoms with Gasteiger partial charge < -0.3 is 13.9 Å². The number of aromatic nitrogens is 2. The number of alkyl halides is 3.